The molecule has 0 amide bonds. The Kier molecular flexibility index (Phi) is 5.43. The minimum atomic E-state index is -0.791. The fourth-order valence-electron chi connectivity index (χ4n) is 2.54. The van der Waals surface area contributed by atoms with Crippen LogP contribution < -0.4 is 0 Å². The fraction of sp³-hybridized carbons (Fsp3) is 0.467. The molecule has 6 heteroatoms. The lowest BCUT2D eigenvalue weighted by Crippen LogP contribution is -2.25. The van der Waals surface area contributed by atoms with E-state index in [1.165, 1.54) is 0 Å². The number of aliphatic carboxylic acids is 1. The summed E-state index contributed by atoms with van der Waals surface area (Å²) in [6.07, 6.45) is 3.09. The standard InChI is InChI=1S/C15H20N4O2/c1-2-3-9-12(15(20)21)13(14-16-18-19-17-14)10-11-7-5-4-6-8-11/h4-8,12-13H,2-3,9-10H2,1H3,(H,20,21)(H,16,17,18,19)/t12-,13-/m0/s1. The van der Waals surface area contributed by atoms with Crippen molar-refractivity contribution >= 4 is 5.97 Å². The molecule has 1 aromatic heterocycles. The molecule has 1 aromatic carbocycles. The van der Waals surface area contributed by atoms with Crippen LogP contribution in [0, 0.1) is 5.92 Å². The Balaban J connectivity index is 2.24. The van der Waals surface area contributed by atoms with Gasteiger partial charge in [-0.3, -0.25) is 4.79 Å². The summed E-state index contributed by atoms with van der Waals surface area (Å²) in [4.78, 5) is 11.6. The number of nitrogens with one attached hydrogen (secondary N) is 1. The number of rotatable bonds is 8. The van der Waals surface area contributed by atoms with Gasteiger partial charge >= 0.3 is 5.97 Å². The fourth-order valence-corrected chi connectivity index (χ4v) is 2.54. The van der Waals surface area contributed by atoms with Crippen LogP contribution in [0.1, 0.15) is 43.5 Å². The van der Waals surface area contributed by atoms with Gasteiger partial charge in [0.05, 0.1) is 5.92 Å². The van der Waals surface area contributed by atoms with Crippen LogP contribution in [0.5, 0.6) is 0 Å². The van der Waals surface area contributed by atoms with Gasteiger partial charge in [-0.15, -0.1) is 5.10 Å². The average molecular weight is 288 g/mol. The summed E-state index contributed by atoms with van der Waals surface area (Å²) in [5, 5.41) is 23.4. The monoisotopic (exact) mass is 288 g/mol. The molecule has 2 aromatic rings. The van der Waals surface area contributed by atoms with Gasteiger partial charge in [-0.05, 0) is 28.8 Å². The second-order valence-corrected chi connectivity index (χ2v) is 5.17. The molecule has 0 aliphatic carbocycles. The lowest BCUT2D eigenvalue weighted by molar-refractivity contribution is -0.143. The molecule has 112 valence electrons. The molecule has 6 nitrogen and oxygen atoms in total. The summed E-state index contributed by atoms with van der Waals surface area (Å²) in [7, 11) is 0. The van der Waals surface area contributed by atoms with E-state index in [0.29, 0.717) is 18.7 Å². The van der Waals surface area contributed by atoms with E-state index in [1.807, 2.05) is 30.3 Å². The van der Waals surface area contributed by atoms with Crippen molar-refractivity contribution in [1.82, 2.24) is 20.6 Å². The second-order valence-electron chi connectivity index (χ2n) is 5.17. The number of carboxylic acid groups (broad SMARTS) is 1. The third-order valence-electron chi connectivity index (χ3n) is 3.68. The predicted molar refractivity (Wildman–Crippen MR) is 77.7 cm³/mol. The highest BCUT2D eigenvalue weighted by molar-refractivity contribution is 5.71. The Bertz CT molecular complexity index is 542. The Morgan fingerprint density at radius 3 is 2.67 bits per heavy atom. The van der Waals surface area contributed by atoms with Crippen molar-refractivity contribution in [3.05, 3.63) is 41.7 Å². The van der Waals surface area contributed by atoms with Crippen molar-refractivity contribution in [1.29, 1.82) is 0 Å². The van der Waals surface area contributed by atoms with Gasteiger partial charge in [0.2, 0.25) is 0 Å². The summed E-state index contributed by atoms with van der Waals surface area (Å²) < 4.78 is 0. The van der Waals surface area contributed by atoms with Crippen LogP contribution in [0.3, 0.4) is 0 Å². The zero-order chi connectivity index (χ0) is 15.1. The van der Waals surface area contributed by atoms with Crippen LogP contribution in [-0.4, -0.2) is 31.7 Å². The number of aromatic nitrogens is 4. The number of carboxylic acids is 1. The molecule has 1 heterocycles. The van der Waals surface area contributed by atoms with E-state index in [4.69, 9.17) is 0 Å². The van der Waals surface area contributed by atoms with Crippen molar-refractivity contribution in [2.45, 2.75) is 38.5 Å². The maximum Gasteiger partial charge on any atom is 0.307 e. The topological polar surface area (TPSA) is 91.8 Å². The molecule has 2 atom stereocenters. The van der Waals surface area contributed by atoms with Gasteiger partial charge in [-0.2, -0.15) is 0 Å². The summed E-state index contributed by atoms with van der Waals surface area (Å²) in [6.45, 7) is 2.06. The third kappa shape index (κ3) is 4.11. The van der Waals surface area contributed by atoms with Crippen LogP contribution in [0.25, 0.3) is 0 Å². The SMILES string of the molecule is CCCC[C@H](C(=O)O)[C@H](Cc1ccccc1)c1nnn[nH]1. The maximum atomic E-state index is 11.6. The molecule has 0 bridgehead atoms. The number of hydrogen-bond acceptors (Lipinski definition) is 4. The first-order valence-electron chi connectivity index (χ1n) is 7.22. The molecular formula is C15H20N4O2. The number of nitrogens with zero attached hydrogens (tertiary/aromatic N) is 3. The van der Waals surface area contributed by atoms with Gasteiger partial charge in [0.15, 0.2) is 5.82 Å². The lowest BCUT2D eigenvalue weighted by Gasteiger charge is -2.21. The largest absolute Gasteiger partial charge is 0.481 e. The van der Waals surface area contributed by atoms with E-state index < -0.39 is 11.9 Å². The summed E-state index contributed by atoms with van der Waals surface area (Å²) in [5.74, 6) is -0.977. The normalized spacial score (nSPS) is 13.8. The van der Waals surface area contributed by atoms with E-state index in [9.17, 15) is 9.90 Å². The van der Waals surface area contributed by atoms with Crippen LogP contribution in [-0.2, 0) is 11.2 Å². The quantitative estimate of drug-likeness (QED) is 0.778. The van der Waals surface area contributed by atoms with Crippen molar-refractivity contribution in [3.8, 4) is 0 Å². The van der Waals surface area contributed by atoms with Crippen molar-refractivity contribution in [2.75, 3.05) is 0 Å². The van der Waals surface area contributed by atoms with E-state index in [2.05, 4.69) is 27.5 Å². The van der Waals surface area contributed by atoms with Crippen LogP contribution in [0.2, 0.25) is 0 Å². The van der Waals surface area contributed by atoms with Gasteiger partial charge in [-0.25, -0.2) is 5.10 Å². The highest BCUT2D eigenvalue weighted by Crippen LogP contribution is 2.30. The Hall–Kier alpha value is -2.24. The van der Waals surface area contributed by atoms with E-state index in [-0.39, 0.29) is 5.92 Å². The zero-order valence-corrected chi connectivity index (χ0v) is 12.1. The zero-order valence-electron chi connectivity index (χ0n) is 12.1. The van der Waals surface area contributed by atoms with Gasteiger partial charge < -0.3 is 5.11 Å². The maximum absolute atomic E-state index is 11.6. The van der Waals surface area contributed by atoms with Crippen LogP contribution in [0.4, 0.5) is 0 Å². The lowest BCUT2D eigenvalue weighted by atomic mass is 9.83. The molecule has 0 aliphatic rings. The number of hydrogen-bond donors (Lipinski definition) is 2. The predicted octanol–water partition coefficient (Wildman–Crippen LogP) is 2.42. The number of benzene rings is 1. The Labute approximate surface area is 123 Å². The second kappa shape index (κ2) is 7.52. The molecule has 0 radical (unpaired) electrons. The molecule has 0 aliphatic heterocycles. The molecule has 0 spiro atoms. The summed E-state index contributed by atoms with van der Waals surface area (Å²) in [5.41, 5.74) is 1.08. The number of tetrazole rings is 1. The summed E-state index contributed by atoms with van der Waals surface area (Å²) in [6, 6.07) is 9.84. The molecule has 0 unspecified atom stereocenters. The number of unbranched alkanes of at least 4 members (excludes halogenated alkanes) is 1. The molecule has 2 rings (SSSR count). The molecule has 0 saturated carbocycles. The Morgan fingerprint density at radius 2 is 2.10 bits per heavy atom. The van der Waals surface area contributed by atoms with E-state index in [1.54, 1.807) is 0 Å². The molecule has 0 fully saturated rings. The first-order chi connectivity index (χ1) is 10.2. The van der Waals surface area contributed by atoms with Crippen molar-refractivity contribution < 1.29 is 9.90 Å². The highest BCUT2D eigenvalue weighted by atomic mass is 16.4. The smallest absolute Gasteiger partial charge is 0.307 e. The molecular weight excluding hydrogens is 268 g/mol. The third-order valence-corrected chi connectivity index (χ3v) is 3.68. The minimum Gasteiger partial charge on any atom is -0.481 e. The summed E-state index contributed by atoms with van der Waals surface area (Å²) >= 11 is 0. The van der Waals surface area contributed by atoms with Crippen LogP contribution >= 0.6 is 0 Å². The van der Waals surface area contributed by atoms with Crippen molar-refractivity contribution in [3.63, 3.8) is 0 Å². The number of carbonyl (C=O) groups is 1. The molecule has 2 N–H and O–H groups in total. The van der Waals surface area contributed by atoms with E-state index in [0.717, 1.165) is 18.4 Å². The van der Waals surface area contributed by atoms with Crippen LogP contribution in [0.15, 0.2) is 30.3 Å². The number of H-pyrrole nitrogens is 1. The van der Waals surface area contributed by atoms with E-state index >= 15 is 0 Å². The van der Waals surface area contributed by atoms with Crippen molar-refractivity contribution in [2.24, 2.45) is 5.92 Å². The average Bonchev–Trinajstić information content (AvgIpc) is 3.01. The first kappa shape index (κ1) is 15.2. The highest BCUT2D eigenvalue weighted by Gasteiger charge is 2.31. The minimum absolute atomic E-state index is 0.244. The number of aromatic amines is 1. The van der Waals surface area contributed by atoms with Gasteiger partial charge in [0.25, 0.3) is 0 Å². The van der Waals surface area contributed by atoms with Gasteiger partial charge in [0, 0.05) is 5.92 Å². The van der Waals surface area contributed by atoms with Gasteiger partial charge in [0.1, 0.15) is 0 Å². The van der Waals surface area contributed by atoms with Gasteiger partial charge in [-0.1, -0.05) is 50.1 Å². The molecule has 0 saturated heterocycles. The molecule has 21 heavy (non-hydrogen) atoms. The Morgan fingerprint density at radius 1 is 1.33 bits per heavy atom. The first-order valence-corrected chi connectivity index (χ1v) is 7.22.